The van der Waals surface area contributed by atoms with E-state index >= 15 is 0 Å². The van der Waals surface area contributed by atoms with E-state index in [9.17, 15) is 5.11 Å². The van der Waals surface area contributed by atoms with Crippen molar-refractivity contribution in [2.75, 3.05) is 25.0 Å². The number of halogens is 1. The van der Waals surface area contributed by atoms with Crippen LogP contribution in [0.3, 0.4) is 0 Å². The Labute approximate surface area is 102 Å². The summed E-state index contributed by atoms with van der Waals surface area (Å²) in [5.41, 5.74) is 0. The van der Waals surface area contributed by atoms with Crippen molar-refractivity contribution in [1.82, 2.24) is 4.90 Å². The number of aliphatic hydroxyl groups is 1. The number of nitrogens with zero attached hydrogens (tertiary/aromatic N) is 1. The minimum atomic E-state index is 0.326. The summed E-state index contributed by atoms with van der Waals surface area (Å²) in [4.78, 5) is 2.48. The van der Waals surface area contributed by atoms with Crippen LogP contribution in [-0.2, 0) is 0 Å². The lowest BCUT2D eigenvalue weighted by Gasteiger charge is -2.37. The maximum Gasteiger partial charge on any atom is 0.0586 e. The minimum absolute atomic E-state index is 0.326. The first-order chi connectivity index (χ1) is 7.19. The molecule has 3 heteroatoms. The lowest BCUT2D eigenvalue weighted by molar-refractivity contribution is 0.0726. The third-order valence-electron chi connectivity index (χ3n) is 3.57. The molecule has 1 fully saturated rings. The molecule has 0 aromatic carbocycles. The van der Waals surface area contributed by atoms with Gasteiger partial charge in [-0.1, -0.05) is 36.2 Å². The van der Waals surface area contributed by atoms with Crippen LogP contribution in [0.5, 0.6) is 0 Å². The number of aliphatic hydroxyl groups excluding tert-OH is 1. The van der Waals surface area contributed by atoms with Gasteiger partial charge in [-0.2, -0.15) is 0 Å². The van der Waals surface area contributed by atoms with Crippen molar-refractivity contribution < 1.29 is 5.11 Å². The number of hydrogen-bond acceptors (Lipinski definition) is 2. The number of hydrogen-bond donors (Lipinski definition) is 1. The van der Waals surface area contributed by atoms with Crippen molar-refractivity contribution >= 4 is 15.9 Å². The summed E-state index contributed by atoms with van der Waals surface area (Å²) in [6.45, 7) is 7.19. The molecule has 0 aromatic heterocycles. The zero-order valence-corrected chi connectivity index (χ0v) is 11.5. The Morgan fingerprint density at radius 3 is 2.67 bits per heavy atom. The van der Waals surface area contributed by atoms with Gasteiger partial charge in [0.25, 0.3) is 0 Å². The van der Waals surface area contributed by atoms with Gasteiger partial charge in [0.2, 0.25) is 0 Å². The summed E-state index contributed by atoms with van der Waals surface area (Å²) in [6.07, 6.45) is 3.75. The van der Waals surface area contributed by atoms with Gasteiger partial charge in [0, 0.05) is 17.9 Å². The van der Waals surface area contributed by atoms with E-state index in [1.165, 1.54) is 25.8 Å². The van der Waals surface area contributed by atoms with Crippen LogP contribution in [0.1, 0.15) is 33.1 Å². The molecule has 90 valence electrons. The van der Waals surface area contributed by atoms with Crippen LogP contribution < -0.4 is 0 Å². The van der Waals surface area contributed by atoms with Crippen molar-refractivity contribution in [3.63, 3.8) is 0 Å². The van der Waals surface area contributed by atoms with Crippen LogP contribution in [-0.4, -0.2) is 41.1 Å². The molecule has 0 aromatic rings. The normalized spacial score (nSPS) is 25.8. The highest BCUT2D eigenvalue weighted by Gasteiger charge is 2.24. The molecule has 1 aliphatic rings. The molecule has 0 bridgehead atoms. The van der Waals surface area contributed by atoms with Crippen LogP contribution >= 0.6 is 15.9 Å². The number of piperidine rings is 1. The van der Waals surface area contributed by atoms with Gasteiger partial charge in [0.1, 0.15) is 0 Å². The molecule has 2 unspecified atom stereocenters. The molecular formula is C12H24BrNO. The molecule has 0 spiro atoms. The Morgan fingerprint density at radius 1 is 1.40 bits per heavy atom. The van der Waals surface area contributed by atoms with E-state index in [2.05, 4.69) is 34.7 Å². The Kier molecular flexibility index (Phi) is 6.17. The molecule has 1 saturated heterocycles. The van der Waals surface area contributed by atoms with Crippen LogP contribution in [0.25, 0.3) is 0 Å². The largest absolute Gasteiger partial charge is 0.395 e. The number of alkyl halides is 1. The van der Waals surface area contributed by atoms with Gasteiger partial charge in [-0.05, 0) is 31.2 Å². The summed E-state index contributed by atoms with van der Waals surface area (Å²) < 4.78 is 0. The van der Waals surface area contributed by atoms with E-state index in [4.69, 9.17) is 0 Å². The fourth-order valence-electron chi connectivity index (χ4n) is 2.25. The van der Waals surface area contributed by atoms with Gasteiger partial charge in [-0.25, -0.2) is 0 Å². The summed E-state index contributed by atoms with van der Waals surface area (Å²) in [7, 11) is 0. The fourth-order valence-corrected chi connectivity index (χ4v) is 3.20. The minimum Gasteiger partial charge on any atom is -0.395 e. The monoisotopic (exact) mass is 277 g/mol. The van der Waals surface area contributed by atoms with Gasteiger partial charge in [-0.15, -0.1) is 0 Å². The molecule has 1 heterocycles. The lowest BCUT2D eigenvalue weighted by atomic mass is 9.94. The number of rotatable bonds is 5. The quantitative estimate of drug-likeness (QED) is 0.781. The highest BCUT2D eigenvalue weighted by Crippen LogP contribution is 2.22. The van der Waals surface area contributed by atoms with E-state index in [0.29, 0.717) is 24.5 Å². The molecule has 2 atom stereocenters. The first kappa shape index (κ1) is 13.5. The standard InChI is InChI=1S/C12H24BrNO/c1-10(2)11(7-13)8-14-6-4-3-5-12(14)9-15/h10-12,15H,3-9H2,1-2H3. The zero-order valence-electron chi connectivity index (χ0n) is 9.95. The second-order valence-electron chi connectivity index (χ2n) is 4.99. The summed E-state index contributed by atoms with van der Waals surface area (Å²) in [5.74, 6) is 1.42. The SMILES string of the molecule is CC(C)C(CBr)CN1CCCCC1CO. The summed E-state index contributed by atoms with van der Waals surface area (Å²) in [6, 6.07) is 0.416. The van der Waals surface area contributed by atoms with Crippen molar-refractivity contribution in [3.8, 4) is 0 Å². The van der Waals surface area contributed by atoms with Crippen molar-refractivity contribution in [2.24, 2.45) is 11.8 Å². The molecule has 1 aliphatic heterocycles. The van der Waals surface area contributed by atoms with E-state index in [0.717, 1.165) is 11.9 Å². The van der Waals surface area contributed by atoms with E-state index in [1.54, 1.807) is 0 Å². The zero-order chi connectivity index (χ0) is 11.3. The van der Waals surface area contributed by atoms with Gasteiger partial charge in [0.05, 0.1) is 6.61 Å². The van der Waals surface area contributed by atoms with Gasteiger partial charge in [0.15, 0.2) is 0 Å². The molecule has 2 nitrogen and oxygen atoms in total. The third-order valence-corrected chi connectivity index (χ3v) is 4.40. The predicted molar refractivity (Wildman–Crippen MR) is 68.4 cm³/mol. The second-order valence-corrected chi connectivity index (χ2v) is 5.63. The Morgan fingerprint density at radius 2 is 2.13 bits per heavy atom. The highest BCUT2D eigenvalue weighted by atomic mass is 79.9. The van der Waals surface area contributed by atoms with Crippen molar-refractivity contribution in [3.05, 3.63) is 0 Å². The Balaban J connectivity index is 2.46. The third kappa shape index (κ3) is 4.04. The maximum atomic E-state index is 9.33. The van der Waals surface area contributed by atoms with Crippen molar-refractivity contribution in [2.45, 2.75) is 39.2 Å². The fraction of sp³-hybridized carbons (Fsp3) is 1.00. The smallest absolute Gasteiger partial charge is 0.0586 e. The van der Waals surface area contributed by atoms with Crippen LogP contribution in [0.15, 0.2) is 0 Å². The second kappa shape index (κ2) is 6.87. The Bertz CT molecular complexity index is 175. The molecule has 0 amide bonds. The Hall–Kier alpha value is 0.400. The van der Waals surface area contributed by atoms with Crippen LogP contribution in [0.2, 0.25) is 0 Å². The molecule has 1 rings (SSSR count). The maximum absolute atomic E-state index is 9.33. The summed E-state index contributed by atoms with van der Waals surface area (Å²) in [5, 5.41) is 10.4. The molecule has 0 saturated carbocycles. The topological polar surface area (TPSA) is 23.5 Å². The van der Waals surface area contributed by atoms with Gasteiger partial charge in [-0.3, -0.25) is 4.90 Å². The van der Waals surface area contributed by atoms with Gasteiger partial charge < -0.3 is 5.11 Å². The lowest BCUT2D eigenvalue weighted by Crippen LogP contribution is -2.45. The average molecular weight is 278 g/mol. The predicted octanol–water partition coefficient (Wildman–Crippen LogP) is 2.50. The highest BCUT2D eigenvalue weighted by molar-refractivity contribution is 9.09. The van der Waals surface area contributed by atoms with Crippen LogP contribution in [0.4, 0.5) is 0 Å². The summed E-state index contributed by atoms with van der Waals surface area (Å²) >= 11 is 3.60. The van der Waals surface area contributed by atoms with E-state index in [1.807, 2.05) is 0 Å². The van der Waals surface area contributed by atoms with Crippen LogP contribution in [0, 0.1) is 11.8 Å². The molecule has 15 heavy (non-hydrogen) atoms. The van der Waals surface area contributed by atoms with E-state index < -0.39 is 0 Å². The van der Waals surface area contributed by atoms with E-state index in [-0.39, 0.29) is 0 Å². The number of likely N-dealkylation sites (tertiary alicyclic amines) is 1. The molecule has 0 radical (unpaired) electrons. The first-order valence-electron chi connectivity index (χ1n) is 6.10. The molecule has 0 aliphatic carbocycles. The van der Waals surface area contributed by atoms with Crippen molar-refractivity contribution in [1.29, 1.82) is 0 Å². The average Bonchev–Trinajstić information content (AvgIpc) is 2.25. The first-order valence-corrected chi connectivity index (χ1v) is 7.22. The molecular weight excluding hydrogens is 254 g/mol. The van der Waals surface area contributed by atoms with Gasteiger partial charge >= 0.3 is 0 Å². The molecule has 1 N–H and O–H groups in total.